The molecular weight excluding hydrogens is 262 g/mol. The third-order valence-electron chi connectivity index (χ3n) is 2.12. The Morgan fingerprint density at radius 2 is 1.88 bits per heavy atom. The quantitative estimate of drug-likeness (QED) is 0.713. The molecule has 0 unspecified atom stereocenters. The lowest BCUT2D eigenvalue weighted by molar-refractivity contribution is 0.476. The maximum absolute atomic E-state index is 13.2. The van der Waals surface area contributed by atoms with Crippen molar-refractivity contribution in [3.8, 4) is 11.5 Å². The third kappa shape index (κ3) is 3.35. The SMILES string of the molecule is Fc1cc(CCl)cc(Oc2cccc(Cl)c2)c1. The van der Waals surface area contributed by atoms with E-state index >= 15 is 0 Å². The molecule has 0 aromatic heterocycles. The second-order valence-corrected chi connectivity index (χ2v) is 4.19. The number of alkyl halides is 1. The van der Waals surface area contributed by atoms with Crippen LogP contribution in [0.3, 0.4) is 0 Å². The van der Waals surface area contributed by atoms with Crippen LogP contribution in [0.5, 0.6) is 11.5 Å². The van der Waals surface area contributed by atoms with E-state index in [0.717, 1.165) is 0 Å². The van der Waals surface area contributed by atoms with Crippen LogP contribution in [0, 0.1) is 5.82 Å². The lowest BCUT2D eigenvalue weighted by Crippen LogP contribution is -1.88. The fraction of sp³-hybridized carbons (Fsp3) is 0.0769. The molecule has 0 saturated carbocycles. The van der Waals surface area contributed by atoms with Gasteiger partial charge in [-0.25, -0.2) is 4.39 Å². The zero-order chi connectivity index (χ0) is 12.3. The minimum atomic E-state index is -0.375. The van der Waals surface area contributed by atoms with Crippen LogP contribution in [0.2, 0.25) is 5.02 Å². The van der Waals surface area contributed by atoms with E-state index in [1.807, 2.05) is 0 Å². The largest absolute Gasteiger partial charge is 0.457 e. The van der Waals surface area contributed by atoms with Crippen molar-refractivity contribution >= 4 is 23.2 Å². The van der Waals surface area contributed by atoms with E-state index in [1.54, 1.807) is 30.3 Å². The molecule has 2 aromatic carbocycles. The molecule has 1 nitrogen and oxygen atoms in total. The van der Waals surface area contributed by atoms with Gasteiger partial charge < -0.3 is 4.74 Å². The fourth-order valence-electron chi connectivity index (χ4n) is 1.42. The normalized spacial score (nSPS) is 10.3. The van der Waals surface area contributed by atoms with Crippen LogP contribution in [-0.4, -0.2) is 0 Å². The second kappa shape index (κ2) is 5.39. The maximum Gasteiger partial charge on any atom is 0.130 e. The molecule has 2 aromatic rings. The molecule has 17 heavy (non-hydrogen) atoms. The Kier molecular flexibility index (Phi) is 3.87. The predicted octanol–water partition coefficient (Wildman–Crippen LogP) is 5.01. The molecule has 4 heteroatoms. The predicted molar refractivity (Wildman–Crippen MR) is 67.5 cm³/mol. The summed E-state index contributed by atoms with van der Waals surface area (Å²) in [7, 11) is 0. The van der Waals surface area contributed by atoms with Gasteiger partial charge in [-0.2, -0.15) is 0 Å². The van der Waals surface area contributed by atoms with Crippen LogP contribution in [0.15, 0.2) is 42.5 Å². The first kappa shape index (κ1) is 12.2. The Bertz CT molecular complexity index is 529. The molecule has 0 heterocycles. The van der Waals surface area contributed by atoms with E-state index in [2.05, 4.69) is 0 Å². The number of hydrogen-bond acceptors (Lipinski definition) is 1. The first-order valence-electron chi connectivity index (χ1n) is 4.96. The summed E-state index contributed by atoms with van der Waals surface area (Å²) in [5.74, 6) is 0.829. The van der Waals surface area contributed by atoms with Crippen LogP contribution in [0.25, 0.3) is 0 Å². The molecule has 0 aliphatic heterocycles. The number of hydrogen-bond donors (Lipinski definition) is 0. The van der Waals surface area contributed by atoms with Crippen molar-refractivity contribution in [1.29, 1.82) is 0 Å². The zero-order valence-corrected chi connectivity index (χ0v) is 10.3. The van der Waals surface area contributed by atoms with E-state index in [0.29, 0.717) is 22.1 Å². The number of ether oxygens (including phenoxy) is 1. The van der Waals surface area contributed by atoms with Crippen molar-refractivity contribution in [2.24, 2.45) is 0 Å². The van der Waals surface area contributed by atoms with Crippen molar-refractivity contribution in [3.05, 3.63) is 58.9 Å². The van der Waals surface area contributed by atoms with E-state index in [4.69, 9.17) is 27.9 Å². The number of halogens is 3. The standard InChI is InChI=1S/C13H9Cl2FO/c14-8-9-4-11(16)7-13(5-9)17-12-3-1-2-10(15)6-12/h1-7H,8H2. The summed E-state index contributed by atoms with van der Waals surface area (Å²) >= 11 is 11.5. The van der Waals surface area contributed by atoms with Gasteiger partial charge in [-0.05, 0) is 35.9 Å². The highest BCUT2D eigenvalue weighted by Gasteiger charge is 2.03. The highest BCUT2D eigenvalue weighted by atomic mass is 35.5. The Morgan fingerprint density at radius 3 is 2.59 bits per heavy atom. The highest BCUT2D eigenvalue weighted by molar-refractivity contribution is 6.30. The summed E-state index contributed by atoms with van der Waals surface area (Å²) in [5, 5.41) is 0.566. The van der Waals surface area contributed by atoms with Gasteiger partial charge in [0, 0.05) is 17.0 Å². The molecule has 2 rings (SSSR count). The van der Waals surface area contributed by atoms with Crippen molar-refractivity contribution < 1.29 is 9.13 Å². The Morgan fingerprint density at radius 1 is 1.06 bits per heavy atom. The van der Waals surface area contributed by atoms with E-state index < -0.39 is 0 Å². The summed E-state index contributed by atoms with van der Waals surface area (Å²) in [5.41, 5.74) is 0.670. The summed E-state index contributed by atoms with van der Waals surface area (Å²) in [6.07, 6.45) is 0. The summed E-state index contributed by atoms with van der Waals surface area (Å²) in [4.78, 5) is 0. The summed E-state index contributed by atoms with van der Waals surface area (Å²) in [6, 6.07) is 11.3. The summed E-state index contributed by atoms with van der Waals surface area (Å²) in [6.45, 7) is 0. The van der Waals surface area contributed by atoms with Gasteiger partial charge >= 0.3 is 0 Å². The van der Waals surface area contributed by atoms with Crippen LogP contribution < -0.4 is 4.74 Å². The van der Waals surface area contributed by atoms with Gasteiger partial charge in [-0.1, -0.05) is 17.7 Å². The minimum absolute atomic E-state index is 0.240. The molecule has 0 aliphatic carbocycles. The number of rotatable bonds is 3. The van der Waals surface area contributed by atoms with E-state index in [9.17, 15) is 4.39 Å². The Hall–Kier alpha value is -1.25. The van der Waals surface area contributed by atoms with Gasteiger partial charge in [0.05, 0.1) is 0 Å². The monoisotopic (exact) mass is 270 g/mol. The maximum atomic E-state index is 13.2. The van der Waals surface area contributed by atoms with Gasteiger partial charge in [0.15, 0.2) is 0 Å². The second-order valence-electron chi connectivity index (χ2n) is 3.49. The molecule has 0 aliphatic rings. The topological polar surface area (TPSA) is 9.23 Å². The van der Waals surface area contributed by atoms with Crippen molar-refractivity contribution in [2.45, 2.75) is 5.88 Å². The van der Waals surface area contributed by atoms with Crippen LogP contribution in [-0.2, 0) is 5.88 Å². The van der Waals surface area contributed by atoms with E-state index in [1.165, 1.54) is 12.1 Å². The Balaban J connectivity index is 2.26. The zero-order valence-electron chi connectivity index (χ0n) is 8.79. The lowest BCUT2D eigenvalue weighted by atomic mass is 10.2. The summed E-state index contributed by atoms with van der Waals surface area (Å²) < 4.78 is 18.7. The third-order valence-corrected chi connectivity index (χ3v) is 2.66. The van der Waals surface area contributed by atoms with Crippen LogP contribution >= 0.6 is 23.2 Å². The highest BCUT2D eigenvalue weighted by Crippen LogP contribution is 2.26. The average molecular weight is 271 g/mol. The fourth-order valence-corrected chi connectivity index (χ4v) is 1.76. The van der Waals surface area contributed by atoms with Crippen molar-refractivity contribution in [1.82, 2.24) is 0 Å². The van der Waals surface area contributed by atoms with E-state index in [-0.39, 0.29) is 11.7 Å². The van der Waals surface area contributed by atoms with Gasteiger partial charge in [0.1, 0.15) is 17.3 Å². The molecule has 0 radical (unpaired) electrons. The lowest BCUT2D eigenvalue weighted by Gasteiger charge is -2.07. The Labute approximate surface area is 109 Å². The number of benzene rings is 2. The van der Waals surface area contributed by atoms with Gasteiger partial charge in [0.2, 0.25) is 0 Å². The first-order valence-corrected chi connectivity index (χ1v) is 5.87. The molecular formula is C13H9Cl2FO. The van der Waals surface area contributed by atoms with Gasteiger partial charge in [-0.15, -0.1) is 11.6 Å². The van der Waals surface area contributed by atoms with Crippen LogP contribution in [0.1, 0.15) is 5.56 Å². The molecule has 0 bridgehead atoms. The van der Waals surface area contributed by atoms with Crippen molar-refractivity contribution in [2.75, 3.05) is 0 Å². The molecule has 0 spiro atoms. The van der Waals surface area contributed by atoms with Crippen molar-refractivity contribution in [3.63, 3.8) is 0 Å². The first-order chi connectivity index (χ1) is 8.17. The molecule has 0 saturated heterocycles. The minimum Gasteiger partial charge on any atom is -0.457 e. The molecule has 0 N–H and O–H groups in total. The van der Waals surface area contributed by atoms with Crippen LogP contribution in [0.4, 0.5) is 4.39 Å². The molecule has 0 fully saturated rings. The molecule has 88 valence electrons. The molecule has 0 atom stereocenters. The smallest absolute Gasteiger partial charge is 0.130 e. The average Bonchev–Trinajstić information content (AvgIpc) is 2.28. The van der Waals surface area contributed by atoms with Gasteiger partial charge in [0.25, 0.3) is 0 Å². The molecule has 0 amide bonds. The van der Waals surface area contributed by atoms with Gasteiger partial charge in [-0.3, -0.25) is 0 Å².